The van der Waals surface area contributed by atoms with Crippen LogP contribution in [0.25, 0.3) is 16.5 Å². The van der Waals surface area contributed by atoms with Crippen molar-refractivity contribution in [2.75, 3.05) is 12.3 Å². The van der Waals surface area contributed by atoms with Crippen molar-refractivity contribution >= 4 is 35.0 Å². The zero-order chi connectivity index (χ0) is 11.3. The van der Waals surface area contributed by atoms with E-state index >= 15 is 0 Å². The number of halogens is 2. The minimum atomic E-state index is 0.273. The van der Waals surface area contributed by atoms with Crippen molar-refractivity contribution in [3.05, 3.63) is 44.3 Å². The van der Waals surface area contributed by atoms with Gasteiger partial charge in [0, 0.05) is 11.5 Å². The highest BCUT2D eigenvalue weighted by molar-refractivity contribution is 6.44. The molecule has 1 rings (SSSR count). The molecule has 6 heteroatoms. The molecule has 0 saturated heterocycles. The van der Waals surface area contributed by atoms with Gasteiger partial charge in [-0.15, -0.1) is 0 Å². The number of hydrogen-bond donors (Lipinski definition) is 1. The molecular weight excluding hydrogens is 235 g/mol. The Kier molecular flexibility index (Phi) is 4.31. The number of nitrogens with two attached hydrogens (primary N) is 1. The van der Waals surface area contributed by atoms with Crippen LogP contribution in [-0.2, 0) is 0 Å². The van der Waals surface area contributed by atoms with Crippen molar-refractivity contribution in [1.29, 1.82) is 0 Å². The molecule has 0 fully saturated rings. The third kappa shape index (κ3) is 3.06. The summed E-state index contributed by atoms with van der Waals surface area (Å²) in [6.45, 7) is 0.273. The predicted octanol–water partition coefficient (Wildman–Crippen LogP) is 3.90. The van der Waals surface area contributed by atoms with Crippen LogP contribution >= 0.6 is 23.2 Å². The van der Waals surface area contributed by atoms with Gasteiger partial charge < -0.3 is 5.73 Å². The van der Waals surface area contributed by atoms with Gasteiger partial charge in [0.2, 0.25) is 0 Å². The van der Waals surface area contributed by atoms with Gasteiger partial charge in [-0.05, 0) is 17.2 Å². The van der Waals surface area contributed by atoms with Gasteiger partial charge in [-0.25, -0.2) is 0 Å². The SMILES string of the molecule is [N-]=[N+]=NCC=Cc1ccc(N)c(Cl)c1Cl. The van der Waals surface area contributed by atoms with Gasteiger partial charge >= 0.3 is 0 Å². The number of nitrogen functional groups attached to an aromatic ring is 1. The van der Waals surface area contributed by atoms with Crippen molar-refractivity contribution in [1.82, 2.24) is 0 Å². The molecule has 1 aromatic rings. The van der Waals surface area contributed by atoms with Crippen molar-refractivity contribution in [2.45, 2.75) is 0 Å². The zero-order valence-electron chi connectivity index (χ0n) is 7.69. The lowest BCUT2D eigenvalue weighted by Gasteiger charge is -2.03. The summed E-state index contributed by atoms with van der Waals surface area (Å²) in [6, 6.07) is 3.41. The lowest BCUT2D eigenvalue weighted by Crippen LogP contribution is -1.88. The van der Waals surface area contributed by atoms with Crippen LogP contribution < -0.4 is 5.73 Å². The maximum absolute atomic E-state index is 8.06. The first-order valence-corrected chi connectivity index (χ1v) is 4.83. The smallest absolute Gasteiger partial charge is 0.0827 e. The Labute approximate surface area is 96.9 Å². The standard InChI is InChI=1S/C9H8Cl2N4/c10-8-6(2-1-5-14-15-13)3-4-7(12)9(8)11/h1-4H,5,12H2. The zero-order valence-corrected chi connectivity index (χ0v) is 9.20. The number of nitrogens with zero attached hydrogens (tertiary/aromatic N) is 3. The van der Waals surface area contributed by atoms with Crippen LogP contribution in [0, 0.1) is 0 Å². The Morgan fingerprint density at radius 3 is 2.80 bits per heavy atom. The van der Waals surface area contributed by atoms with Gasteiger partial charge in [-0.1, -0.05) is 46.5 Å². The van der Waals surface area contributed by atoms with E-state index in [2.05, 4.69) is 10.0 Å². The van der Waals surface area contributed by atoms with Crippen LogP contribution in [0.3, 0.4) is 0 Å². The molecule has 0 bridgehead atoms. The third-order valence-corrected chi connectivity index (χ3v) is 2.60. The summed E-state index contributed by atoms with van der Waals surface area (Å²) in [5.74, 6) is 0. The topological polar surface area (TPSA) is 74.8 Å². The monoisotopic (exact) mass is 242 g/mol. The van der Waals surface area contributed by atoms with Gasteiger partial charge in [0.1, 0.15) is 0 Å². The maximum Gasteiger partial charge on any atom is 0.0827 e. The Bertz CT molecular complexity index is 436. The Balaban J connectivity index is 2.91. The summed E-state index contributed by atoms with van der Waals surface area (Å²) in [5, 5.41) is 4.08. The molecule has 1 aromatic carbocycles. The van der Waals surface area contributed by atoms with E-state index < -0.39 is 0 Å². The average Bonchev–Trinajstić information content (AvgIpc) is 2.24. The number of anilines is 1. The highest BCUT2D eigenvalue weighted by Gasteiger charge is 2.04. The molecule has 0 atom stereocenters. The van der Waals surface area contributed by atoms with Gasteiger partial charge in [-0.3, -0.25) is 0 Å². The van der Waals surface area contributed by atoms with E-state index in [1.165, 1.54) is 0 Å². The molecule has 0 unspecified atom stereocenters. The highest BCUT2D eigenvalue weighted by Crippen LogP contribution is 2.31. The van der Waals surface area contributed by atoms with Gasteiger partial charge in [-0.2, -0.15) is 0 Å². The molecule has 0 heterocycles. The number of azide groups is 1. The average molecular weight is 243 g/mol. The van der Waals surface area contributed by atoms with E-state index in [0.717, 1.165) is 5.56 Å². The van der Waals surface area contributed by atoms with Crippen LogP contribution in [0.15, 0.2) is 23.3 Å². The minimum Gasteiger partial charge on any atom is -0.397 e. The molecule has 0 aromatic heterocycles. The van der Waals surface area contributed by atoms with E-state index in [4.69, 9.17) is 34.5 Å². The third-order valence-electron chi connectivity index (χ3n) is 1.69. The summed E-state index contributed by atoms with van der Waals surface area (Å²) in [6.07, 6.45) is 3.41. The summed E-state index contributed by atoms with van der Waals surface area (Å²) >= 11 is 11.8. The molecule has 0 aliphatic heterocycles. The maximum atomic E-state index is 8.06. The van der Waals surface area contributed by atoms with E-state index in [9.17, 15) is 0 Å². The molecule has 2 N–H and O–H groups in total. The second kappa shape index (κ2) is 5.51. The van der Waals surface area contributed by atoms with Gasteiger partial charge in [0.25, 0.3) is 0 Å². The fourth-order valence-corrected chi connectivity index (χ4v) is 1.38. The molecule has 0 radical (unpaired) electrons. The molecule has 0 saturated carbocycles. The quantitative estimate of drug-likeness (QED) is 0.371. The number of rotatable bonds is 3. The first-order chi connectivity index (χ1) is 7.16. The van der Waals surface area contributed by atoms with Crippen LogP contribution in [0.4, 0.5) is 5.69 Å². The lowest BCUT2D eigenvalue weighted by molar-refractivity contribution is 1.22. The van der Waals surface area contributed by atoms with Crippen LogP contribution in [-0.4, -0.2) is 6.54 Å². The molecule has 0 aliphatic carbocycles. The van der Waals surface area contributed by atoms with Gasteiger partial charge in [0.15, 0.2) is 0 Å². The summed E-state index contributed by atoms with van der Waals surface area (Å²) < 4.78 is 0. The van der Waals surface area contributed by atoms with Crippen LogP contribution in [0.1, 0.15) is 5.56 Å². The van der Waals surface area contributed by atoms with E-state index in [1.807, 2.05) is 0 Å². The number of hydrogen-bond acceptors (Lipinski definition) is 2. The van der Waals surface area contributed by atoms with E-state index in [0.29, 0.717) is 15.7 Å². The fourth-order valence-electron chi connectivity index (χ4n) is 0.971. The fraction of sp³-hybridized carbons (Fsp3) is 0.111. The largest absolute Gasteiger partial charge is 0.397 e. The molecule has 0 amide bonds. The lowest BCUT2D eigenvalue weighted by atomic mass is 10.2. The minimum absolute atomic E-state index is 0.273. The van der Waals surface area contributed by atoms with Crippen molar-refractivity contribution in [2.24, 2.45) is 5.11 Å². The Hall–Kier alpha value is -1.35. The van der Waals surface area contributed by atoms with Crippen molar-refractivity contribution < 1.29 is 0 Å². The predicted molar refractivity (Wildman–Crippen MR) is 63.9 cm³/mol. The van der Waals surface area contributed by atoms with Crippen molar-refractivity contribution in [3.8, 4) is 0 Å². The second-order valence-electron chi connectivity index (χ2n) is 2.69. The van der Waals surface area contributed by atoms with Gasteiger partial charge in [0.05, 0.1) is 15.7 Å². The highest BCUT2D eigenvalue weighted by atomic mass is 35.5. The first-order valence-electron chi connectivity index (χ1n) is 4.07. The number of benzene rings is 1. The summed E-state index contributed by atoms with van der Waals surface area (Å²) in [4.78, 5) is 2.62. The summed E-state index contributed by atoms with van der Waals surface area (Å²) in [5.41, 5.74) is 14.8. The Morgan fingerprint density at radius 2 is 2.13 bits per heavy atom. The Morgan fingerprint density at radius 1 is 1.40 bits per heavy atom. The molecule has 0 aliphatic rings. The molecule has 0 spiro atoms. The van der Waals surface area contributed by atoms with Crippen LogP contribution in [0.2, 0.25) is 10.0 Å². The molecular formula is C9H8Cl2N4. The molecule has 4 nitrogen and oxygen atoms in total. The first kappa shape index (κ1) is 11.7. The van der Waals surface area contributed by atoms with Crippen molar-refractivity contribution in [3.63, 3.8) is 0 Å². The summed E-state index contributed by atoms with van der Waals surface area (Å²) in [7, 11) is 0. The van der Waals surface area contributed by atoms with Crippen LogP contribution in [0.5, 0.6) is 0 Å². The van der Waals surface area contributed by atoms with E-state index in [-0.39, 0.29) is 6.54 Å². The second-order valence-corrected chi connectivity index (χ2v) is 3.44. The normalized spacial score (nSPS) is 10.3. The molecule has 15 heavy (non-hydrogen) atoms. The molecule has 78 valence electrons. The van der Waals surface area contributed by atoms with E-state index in [1.54, 1.807) is 24.3 Å².